The molecule has 0 radical (unpaired) electrons. The second-order valence-corrected chi connectivity index (χ2v) is 8.26. The number of amides is 1. The zero-order valence-corrected chi connectivity index (χ0v) is 18.7. The van der Waals surface area contributed by atoms with Crippen molar-refractivity contribution >= 4 is 17.5 Å². The van der Waals surface area contributed by atoms with Crippen LogP contribution in [0.15, 0.2) is 48.8 Å². The van der Waals surface area contributed by atoms with Gasteiger partial charge in [-0.3, -0.25) is 4.79 Å². The maximum Gasteiger partial charge on any atom is 0.321 e. The number of nitrogens with zero attached hydrogens (tertiary/aromatic N) is 7. The highest BCUT2D eigenvalue weighted by molar-refractivity contribution is 5.94. The van der Waals surface area contributed by atoms with Crippen LogP contribution in [0.2, 0.25) is 0 Å². The number of hydrogen-bond acceptors (Lipinski definition) is 8. The summed E-state index contributed by atoms with van der Waals surface area (Å²) >= 11 is 0. The minimum absolute atomic E-state index is 0.0220. The minimum Gasteiger partial charge on any atom is -0.424 e. The van der Waals surface area contributed by atoms with Gasteiger partial charge in [-0.25, -0.2) is 19.9 Å². The number of hydrogen-bond donors (Lipinski definition) is 0. The number of piperazine rings is 1. The molecule has 3 aromatic rings. The third kappa shape index (κ3) is 4.87. The molecule has 1 aromatic carbocycles. The molecule has 5 rings (SSSR count). The van der Waals surface area contributed by atoms with Crippen LogP contribution in [0.5, 0.6) is 11.8 Å². The highest BCUT2D eigenvalue weighted by Gasteiger charge is 2.24. The van der Waals surface area contributed by atoms with Gasteiger partial charge in [0, 0.05) is 63.3 Å². The molecule has 2 aliphatic heterocycles. The van der Waals surface area contributed by atoms with E-state index < -0.39 is 0 Å². The lowest BCUT2D eigenvalue weighted by Crippen LogP contribution is -2.49. The molecule has 33 heavy (non-hydrogen) atoms. The molecule has 4 heterocycles. The van der Waals surface area contributed by atoms with Gasteiger partial charge in [-0.2, -0.15) is 0 Å². The molecule has 9 heteroatoms. The van der Waals surface area contributed by atoms with Crippen molar-refractivity contribution in [3.05, 3.63) is 60.2 Å². The summed E-state index contributed by atoms with van der Waals surface area (Å²) in [5.74, 6) is 3.36. The Morgan fingerprint density at radius 3 is 2.09 bits per heavy atom. The highest BCUT2D eigenvalue weighted by Crippen LogP contribution is 2.24. The van der Waals surface area contributed by atoms with Crippen LogP contribution in [-0.4, -0.2) is 70.0 Å². The Kier molecular flexibility index (Phi) is 6.01. The van der Waals surface area contributed by atoms with Crippen LogP contribution in [0.25, 0.3) is 0 Å². The lowest BCUT2D eigenvalue weighted by molar-refractivity contribution is 0.0746. The summed E-state index contributed by atoms with van der Waals surface area (Å²) in [6, 6.07) is 11.2. The molecule has 170 valence electrons. The van der Waals surface area contributed by atoms with Gasteiger partial charge in [0.2, 0.25) is 0 Å². The van der Waals surface area contributed by atoms with Gasteiger partial charge >= 0.3 is 6.01 Å². The molecule has 0 N–H and O–H groups in total. The molecule has 2 aromatic heterocycles. The van der Waals surface area contributed by atoms with E-state index in [1.54, 1.807) is 42.7 Å². The van der Waals surface area contributed by atoms with Crippen LogP contribution >= 0.6 is 0 Å². The summed E-state index contributed by atoms with van der Waals surface area (Å²) in [5.41, 5.74) is 0.638. The zero-order chi connectivity index (χ0) is 22.6. The van der Waals surface area contributed by atoms with Crippen molar-refractivity contribution in [1.82, 2.24) is 24.8 Å². The van der Waals surface area contributed by atoms with E-state index in [-0.39, 0.29) is 11.9 Å². The van der Waals surface area contributed by atoms with Gasteiger partial charge in [-0.15, -0.1) is 0 Å². The Morgan fingerprint density at radius 2 is 1.45 bits per heavy atom. The largest absolute Gasteiger partial charge is 0.424 e. The first-order valence-electron chi connectivity index (χ1n) is 11.4. The van der Waals surface area contributed by atoms with E-state index in [0.717, 1.165) is 43.6 Å². The van der Waals surface area contributed by atoms with Crippen LogP contribution < -0.4 is 14.5 Å². The highest BCUT2D eigenvalue weighted by atomic mass is 16.5. The summed E-state index contributed by atoms with van der Waals surface area (Å²) in [5, 5.41) is 0. The Balaban J connectivity index is 1.20. The fourth-order valence-corrected chi connectivity index (χ4v) is 4.24. The number of benzene rings is 1. The van der Waals surface area contributed by atoms with Crippen LogP contribution in [0.4, 0.5) is 11.6 Å². The number of anilines is 2. The van der Waals surface area contributed by atoms with E-state index in [1.807, 2.05) is 11.8 Å². The van der Waals surface area contributed by atoms with Gasteiger partial charge < -0.3 is 19.4 Å². The summed E-state index contributed by atoms with van der Waals surface area (Å²) < 4.78 is 5.61. The standard InChI is InChI=1S/C24H27N7O2/c1-18-27-21(29-11-2-3-12-29)17-22(28-18)30-13-15-31(16-14-30)23(32)19-5-7-20(8-6-19)33-24-25-9-4-10-26-24/h4-10,17H,2-3,11-16H2,1H3. The second kappa shape index (κ2) is 9.40. The molecule has 9 nitrogen and oxygen atoms in total. The molecule has 2 fully saturated rings. The van der Waals surface area contributed by atoms with Crippen LogP contribution in [-0.2, 0) is 0 Å². The molecule has 0 atom stereocenters. The van der Waals surface area contributed by atoms with Gasteiger partial charge in [-0.05, 0) is 50.1 Å². The third-order valence-corrected chi connectivity index (χ3v) is 5.98. The first kappa shape index (κ1) is 21.1. The first-order valence-corrected chi connectivity index (χ1v) is 11.4. The summed E-state index contributed by atoms with van der Waals surface area (Å²) in [6.45, 7) is 6.84. The lowest BCUT2D eigenvalue weighted by atomic mass is 10.1. The minimum atomic E-state index is 0.0220. The number of carbonyl (C=O) groups excluding carboxylic acids is 1. The quantitative estimate of drug-likeness (QED) is 0.592. The zero-order valence-electron chi connectivity index (χ0n) is 18.7. The molecule has 0 saturated carbocycles. The van der Waals surface area contributed by atoms with Gasteiger partial charge in [0.05, 0.1) is 0 Å². The van der Waals surface area contributed by atoms with Crippen molar-refractivity contribution in [2.45, 2.75) is 19.8 Å². The van der Waals surface area contributed by atoms with Crippen molar-refractivity contribution in [2.75, 3.05) is 49.1 Å². The van der Waals surface area contributed by atoms with Gasteiger partial charge in [0.25, 0.3) is 5.91 Å². The van der Waals surface area contributed by atoms with E-state index >= 15 is 0 Å². The monoisotopic (exact) mass is 445 g/mol. The van der Waals surface area contributed by atoms with Crippen LogP contribution in [0.3, 0.4) is 0 Å². The van der Waals surface area contributed by atoms with E-state index in [9.17, 15) is 4.79 Å². The Hall–Kier alpha value is -3.75. The van der Waals surface area contributed by atoms with Crippen molar-refractivity contribution < 1.29 is 9.53 Å². The molecule has 2 aliphatic rings. The number of aryl methyl sites for hydroxylation is 1. The van der Waals surface area contributed by atoms with Crippen LogP contribution in [0, 0.1) is 6.92 Å². The number of rotatable bonds is 5. The Bertz CT molecular complexity index is 1090. The average molecular weight is 446 g/mol. The summed E-state index contributed by atoms with van der Waals surface area (Å²) in [7, 11) is 0. The van der Waals surface area contributed by atoms with E-state index in [1.165, 1.54) is 12.8 Å². The molecular formula is C24H27N7O2. The first-order chi connectivity index (χ1) is 16.2. The normalized spacial score (nSPS) is 16.2. The molecule has 0 aliphatic carbocycles. The molecule has 0 bridgehead atoms. The van der Waals surface area contributed by atoms with E-state index in [0.29, 0.717) is 24.4 Å². The predicted molar refractivity (Wildman–Crippen MR) is 125 cm³/mol. The molecule has 2 saturated heterocycles. The molecular weight excluding hydrogens is 418 g/mol. The number of carbonyl (C=O) groups is 1. The summed E-state index contributed by atoms with van der Waals surface area (Å²) in [6.07, 6.45) is 5.67. The van der Waals surface area contributed by atoms with E-state index in [2.05, 4.69) is 35.8 Å². The lowest BCUT2D eigenvalue weighted by Gasteiger charge is -2.35. The average Bonchev–Trinajstić information content (AvgIpc) is 3.40. The SMILES string of the molecule is Cc1nc(N2CCCC2)cc(N2CCN(C(=O)c3ccc(Oc4ncccn4)cc3)CC2)n1. The molecule has 0 spiro atoms. The summed E-state index contributed by atoms with van der Waals surface area (Å²) in [4.78, 5) is 36.9. The molecule has 0 unspecified atom stereocenters. The van der Waals surface area contributed by atoms with Gasteiger partial charge in [0.1, 0.15) is 23.2 Å². The van der Waals surface area contributed by atoms with Gasteiger partial charge in [0.15, 0.2) is 0 Å². The topological polar surface area (TPSA) is 87.6 Å². The van der Waals surface area contributed by atoms with Crippen molar-refractivity contribution in [3.63, 3.8) is 0 Å². The Morgan fingerprint density at radius 1 is 0.848 bits per heavy atom. The number of ether oxygens (including phenoxy) is 1. The maximum atomic E-state index is 13.0. The predicted octanol–water partition coefficient (Wildman–Crippen LogP) is 2.93. The Labute approximate surface area is 193 Å². The van der Waals surface area contributed by atoms with Crippen molar-refractivity contribution in [1.29, 1.82) is 0 Å². The van der Waals surface area contributed by atoms with Crippen molar-refractivity contribution in [2.24, 2.45) is 0 Å². The van der Waals surface area contributed by atoms with Gasteiger partial charge in [-0.1, -0.05) is 0 Å². The van der Waals surface area contributed by atoms with E-state index in [4.69, 9.17) is 4.74 Å². The third-order valence-electron chi connectivity index (χ3n) is 5.98. The number of aromatic nitrogens is 4. The van der Waals surface area contributed by atoms with Crippen LogP contribution in [0.1, 0.15) is 29.0 Å². The second-order valence-electron chi connectivity index (χ2n) is 8.26. The maximum absolute atomic E-state index is 13.0. The molecule has 1 amide bonds. The fraction of sp³-hybridized carbons (Fsp3) is 0.375. The smallest absolute Gasteiger partial charge is 0.321 e. The van der Waals surface area contributed by atoms with Crippen molar-refractivity contribution in [3.8, 4) is 11.8 Å². The fourth-order valence-electron chi connectivity index (χ4n) is 4.24.